The van der Waals surface area contributed by atoms with Crippen molar-refractivity contribution in [2.24, 2.45) is 0 Å². The molecular formula is C19H19BrN2O3. The molecule has 2 N–H and O–H groups in total. The number of carbonyl (C=O) groups is 2. The number of hydrogen-bond donors (Lipinski definition) is 2. The summed E-state index contributed by atoms with van der Waals surface area (Å²) in [7, 11) is 0. The van der Waals surface area contributed by atoms with Gasteiger partial charge in [0.2, 0.25) is 0 Å². The lowest BCUT2D eigenvalue weighted by molar-refractivity contribution is -0.131. The summed E-state index contributed by atoms with van der Waals surface area (Å²) in [5.74, 6) is -0.316. The third-order valence-electron chi connectivity index (χ3n) is 3.29. The molecule has 0 aliphatic carbocycles. The smallest absolute Gasteiger partial charge is 0.279 e. The van der Waals surface area contributed by atoms with Gasteiger partial charge in [-0.3, -0.25) is 20.4 Å². The summed E-state index contributed by atoms with van der Waals surface area (Å²) >= 11 is 3.33. The van der Waals surface area contributed by atoms with E-state index in [0.717, 1.165) is 15.6 Å². The average molecular weight is 403 g/mol. The highest BCUT2D eigenvalue weighted by Gasteiger charge is 2.14. The first kappa shape index (κ1) is 18.7. The van der Waals surface area contributed by atoms with Crippen LogP contribution in [0.4, 0.5) is 0 Å². The lowest BCUT2D eigenvalue weighted by atomic mass is 10.1. The average Bonchev–Trinajstić information content (AvgIpc) is 2.59. The van der Waals surface area contributed by atoms with Crippen LogP contribution in [0.2, 0.25) is 0 Å². The number of carbonyl (C=O) groups excluding carboxylic acids is 2. The molecule has 0 saturated carbocycles. The molecule has 0 spiro atoms. The lowest BCUT2D eigenvalue weighted by Gasteiger charge is -2.14. The van der Waals surface area contributed by atoms with Gasteiger partial charge in [0, 0.05) is 10.5 Å². The Morgan fingerprint density at radius 3 is 2.52 bits per heavy atom. The molecule has 25 heavy (non-hydrogen) atoms. The maximum Gasteiger partial charge on any atom is 0.279 e. The highest BCUT2D eigenvalue weighted by Crippen LogP contribution is 2.18. The normalized spacial score (nSPS) is 11.8. The number of halogens is 1. The van der Waals surface area contributed by atoms with Crippen LogP contribution in [0.25, 0.3) is 6.08 Å². The molecule has 0 bridgehead atoms. The Morgan fingerprint density at radius 2 is 1.84 bits per heavy atom. The molecule has 2 aromatic rings. The fourth-order valence-electron chi connectivity index (χ4n) is 1.91. The van der Waals surface area contributed by atoms with E-state index in [4.69, 9.17) is 4.74 Å². The Labute approximate surface area is 155 Å². The summed E-state index contributed by atoms with van der Waals surface area (Å²) in [6.07, 6.45) is 2.27. The van der Waals surface area contributed by atoms with E-state index in [2.05, 4.69) is 26.8 Å². The van der Waals surface area contributed by atoms with E-state index in [1.807, 2.05) is 43.3 Å². The Bertz CT molecular complexity index is 772. The molecule has 0 unspecified atom stereocenters. The van der Waals surface area contributed by atoms with Crippen LogP contribution in [0.3, 0.4) is 0 Å². The standard InChI is InChI=1S/C19H19BrN2O3/c1-13-6-8-15(9-7-13)10-11-18(23)21-22-19(24)14(2)25-17-5-3-4-16(20)12-17/h3-12,14H,1-2H3,(H,21,23)(H,22,24)/b11-10+/t14-/m1/s1. The first-order valence-corrected chi connectivity index (χ1v) is 8.50. The maximum absolute atomic E-state index is 12.0. The number of aryl methyl sites for hydroxylation is 1. The summed E-state index contributed by atoms with van der Waals surface area (Å²) < 4.78 is 6.37. The number of nitrogens with one attached hydrogen (secondary N) is 2. The van der Waals surface area contributed by atoms with E-state index in [0.29, 0.717) is 5.75 Å². The summed E-state index contributed by atoms with van der Waals surface area (Å²) in [4.78, 5) is 23.7. The number of ether oxygens (including phenoxy) is 1. The molecule has 0 radical (unpaired) electrons. The Hall–Kier alpha value is -2.60. The Balaban J connectivity index is 1.80. The second-order valence-corrected chi connectivity index (χ2v) is 6.36. The van der Waals surface area contributed by atoms with Crippen molar-refractivity contribution in [3.05, 3.63) is 70.2 Å². The van der Waals surface area contributed by atoms with Gasteiger partial charge in [0.25, 0.3) is 11.8 Å². The van der Waals surface area contributed by atoms with Crippen LogP contribution in [-0.4, -0.2) is 17.9 Å². The molecule has 130 valence electrons. The van der Waals surface area contributed by atoms with Crippen LogP contribution in [0.15, 0.2) is 59.1 Å². The van der Waals surface area contributed by atoms with Crippen LogP contribution < -0.4 is 15.6 Å². The van der Waals surface area contributed by atoms with E-state index in [1.165, 1.54) is 6.08 Å². The van der Waals surface area contributed by atoms with Gasteiger partial charge in [-0.05, 0) is 43.7 Å². The highest BCUT2D eigenvalue weighted by molar-refractivity contribution is 9.10. The van der Waals surface area contributed by atoms with Crippen LogP contribution in [0, 0.1) is 6.92 Å². The van der Waals surface area contributed by atoms with E-state index in [1.54, 1.807) is 25.1 Å². The minimum absolute atomic E-state index is 0.427. The monoisotopic (exact) mass is 402 g/mol. The van der Waals surface area contributed by atoms with Crippen molar-refractivity contribution in [1.29, 1.82) is 0 Å². The molecule has 0 saturated heterocycles. The minimum atomic E-state index is -0.754. The van der Waals surface area contributed by atoms with Gasteiger partial charge >= 0.3 is 0 Å². The number of hydrogen-bond acceptors (Lipinski definition) is 3. The van der Waals surface area contributed by atoms with Crippen molar-refractivity contribution in [1.82, 2.24) is 10.9 Å². The summed E-state index contributed by atoms with van der Waals surface area (Å²) in [6.45, 7) is 3.59. The van der Waals surface area contributed by atoms with Crippen LogP contribution in [0.5, 0.6) is 5.75 Å². The molecule has 2 rings (SSSR count). The molecule has 0 fully saturated rings. The van der Waals surface area contributed by atoms with E-state index in [-0.39, 0.29) is 0 Å². The second-order valence-electron chi connectivity index (χ2n) is 5.44. The molecule has 6 heteroatoms. The molecule has 1 atom stereocenters. The molecule has 2 amide bonds. The van der Waals surface area contributed by atoms with Crippen molar-refractivity contribution < 1.29 is 14.3 Å². The quantitative estimate of drug-likeness (QED) is 0.594. The summed E-state index contributed by atoms with van der Waals surface area (Å²) in [5.41, 5.74) is 6.71. The van der Waals surface area contributed by atoms with E-state index in [9.17, 15) is 9.59 Å². The van der Waals surface area contributed by atoms with Crippen LogP contribution in [0.1, 0.15) is 18.1 Å². The van der Waals surface area contributed by atoms with E-state index < -0.39 is 17.9 Å². The first-order valence-electron chi connectivity index (χ1n) is 7.71. The van der Waals surface area contributed by atoms with Gasteiger partial charge in [0.05, 0.1) is 0 Å². The fraction of sp³-hybridized carbons (Fsp3) is 0.158. The van der Waals surface area contributed by atoms with Gasteiger partial charge in [-0.1, -0.05) is 51.8 Å². The molecule has 2 aromatic carbocycles. The van der Waals surface area contributed by atoms with Gasteiger partial charge in [0.1, 0.15) is 5.75 Å². The van der Waals surface area contributed by atoms with Crippen molar-refractivity contribution in [3.63, 3.8) is 0 Å². The molecule has 5 nitrogen and oxygen atoms in total. The summed E-state index contributed by atoms with van der Waals surface area (Å²) in [5, 5.41) is 0. The third-order valence-corrected chi connectivity index (χ3v) is 3.78. The number of rotatable bonds is 5. The Kier molecular flexibility index (Phi) is 6.77. The van der Waals surface area contributed by atoms with Crippen LogP contribution in [-0.2, 0) is 9.59 Å². The predicted molar refractivity (Wildman–Crippen MR) is 101 cm³/mol. The van der Waals surface area contributed by atoms with Crippen molar-refractivity contribution >= 4 is 33.8 Å². The minimum Gasteiger partial charge on any atom is -0.481 e. The van der Waals surface area contributed by atoms with E-state index >= 15 is 0 Å². The van der Waals surface area contributed by atoms with Gasteiger partial charge in [-0.25, -0.2) is 0 Å². The predicted octanol–water partition coefficient (Wildman–Crippen LogP) is 3.39. The molecule has 0 aliphatic heterocycles. The van der Waals surface area contributed by atoms with Crippen molar-refractivity contribution in [2.45, 2.75) is 20.0 Å². The second kappa shape index (κ2) is 9.03. The zero-order valence-corrected chi connectivity index (χ0v) is 15.5. The SMILES string of the molecule is Cc1ccc(/C=C/C(=O)NNC(=O)[C@@H](C)Oc2cccc(Br)c2)cc1. The van der Waals surface area contributed by atoms with Gasteiger partial charge in [0.15, 0.2) is 6.10 Å². The summed E-state index contributed by atoms with van der Waals surface area (Å²) in [6, 6.07) is 14.9. The molecular weight excluding hydrogens is 384 g/mol. The lowest BCUT2D eigenvalue weighted by Crippen LogP contribution is -2.46. The zero-order valence-electron chi connectivity index (χ0n) is 14.0. The zero-order chi connectivity index (χ0) is 18.2. The Morgan fingerprint density at radius 1 is 1.12 bits per heavy atom. The maximum atomic E-state index is 12.0. The van der Waals surface area contributed by atoms with Gasteiger partial charge < -0.3 is 4.74 Å². The topological polar surface area (TPSA) is 67.4 Å². The van der Waals surface area contributed by atoms with Gasteiger partial charge in [-0.2, -0.15) is 0 Å². The number of hydrazine groups is 1. The molecule has 0 aromatic heterocycles. The highest BCUT2D eigenvalue weighted by atomic mass is 79.9. The first-order chi connectivity index (χ1) is 11.9. The van der Waals surface area contributed by atoms with Crippen molar-refractivity contribution in [3.8, 4) is 5.75 Å². The van der Waals surface area contributed by atoms with Gasteiger partial charge in [-0.15, -0.1) is 0 Å². The largest absolute Gasteiger partial charge is 0.481 e. The fourth-order valence-corrected chi connectivity index (χ4v) is 2.29. The van der Waals surface area contributed by atoms with Crippen molar-refractivity contribution in [2.75, 3.05) is 0 Å². The number of benzene rings is 2. The van der Waals surface area contributed by atoms with Crippen LogP contribution >= 0.6 is 15.9 Å². The number of amides is 2. The molecule has 0 aliphatic rings. The molecule has 0 heterocycles. The third kappa shape index (κ3) is 6.43.